The molecule has 0 aliphatic heterocycles. The number of nitrogens with zero attached hydrogens (tertiary/aromatic N) is 1. The second-order valence-electron chi connectivity index (χ2n) is 4.69. The number of hydrogen-bond donors (Lipinski definition) is 1. The zero-order valence-corrected chi connectivity index (χ0v) is 14.2. The van der Waals surface area contributed by atoms with Gasteiger partial charge < -0.3 is 15.4 Å². The lowest BCUT2D eigenvalue weighted by Crippen LogP contribution is -2.40. The fourth-order valence-electron chi connectivity index (χ4n) is 2.14. The molecule has 1 atom stereocenters. The number of aryl methyl sites for hydroxylation is 1. The highest BCUT2D eigenvalue weighted by Gasteiger charge is 2.21. The molecule has 1 aromatic rings. The van der Waals surface area contributed by atoms with E-state index in [0.29, 0.717) is 25.4 Å². The number of rotatable bonds is 6. The Labute approximate surface area is 129 Å². The first kappa shape index (κ1) is 17.0. The Morgan fingerprint density at radius 1 is 1.40 bits per heavy atom. The van der Waals surface area contributed by atoms with Crippen LogP contribution in [0.2, 0.25) is 0 Å². The van der Waals surface area contributed by atoms with E-state index in [1.54, 1.807) is 11.8 Å². The van der Waals surface area contributed by atoms with Crippen LogP contribution in [0.4, 0.5) is 0 Å². The van der Waals surface area contributed by atoms with Crippen LogP contribution < -0.4 is 10.5 Å². The van der Waals surface area contributed by atoms with Crippen molar-refractivity contribution in [3.05, 3.63) is 27.7 Å². The molecule has 0 saturated heterocycles. The fraction of sp³-hybridized carbons (Fsp3) is 0.533. The van der Waals surface area contributed by atoms with Crippen molar-refractivity contribution < 1.29 is 9.53 Å². The zero-order valence-electron chi connectivity index (χ0n) is 12.6. The summed E-state index contributed by atoms with van der Waals surface area (Å²) in [6.45, 7) is 9.41. The van der Waals surface area contributed by atoms with Crippen molar-refractivity contribution in [3.63, 3.8) is 0 Å². The molecule has 0 radical (unpaired) electrons. The van der Waals surface area contributed by atoms with Gasteiger partial charge in [0.05, 0.1) is 0 Å². The van der Waals surface area contributed by atoms with E-state index >= 15 is 0 Å². The van der Waals surface area contributed by atoms with Crippen LogP contribution in [0.3, 0.4) is 0 Å². The maximum Gasteiger partial charge on any atom is 0.263 e. The molecular formula is C15H23BrN2O2. The van der Waals surface area contributed by atoms with E-state index in [0.717, 1.165) is 15.6 Å². The maximum atomic E-state index is 12.2. The topological polar surface area (TPSA) is 55.6 Å². The second kappa shape index (κ2) is 7.64. The number of amides is 1. The molecule has 1 unspecified atom stereocenters. The SMILES string of the molecule is CCN(CC)C(=O)C(C)Oc1c(C)cc(Br)cc1CN. The summed E-state index contributed by atoms with van der Waals surface area (Å²) >= 11 is 3.44. The van der Waals surface area contributed by atoms with Gasteiger partial charge in [-0.15, -0.1) is 0 Å². The third-order valence-corrected chi connectivity index (χ3v) is 3.71. The van der Waals surface area contributed by atoms with Gasteiger partial charge in [-0.3, -0.25) is 4.79 Å². The molecule has 0 spiro atoms. The van der Waals surface area contributed by atoms with Crippen molar-refractivity contribution in [2.24, 2.45) is 5.73 Å². The number of carbonyl (C=O) groups excluding carboxylic acids is 1. The van der Waals surface area contributed by atoms with Crippen LogP contribution in [0, 0.1) is 6.92 Å². The summed E-state index contributed by atoms with van der Waals surface area (Å²) in [6, 6.07) is 3.89. The van der Waals surface area contributed by atoms with E-state index < -0.39 is 6.10 Å². The fourth-order valence-corrected chi connectivity index (χ4v) is 2.76. The van der Waals surface area contributed by atoms with Gasteiger partial charge >= 0.3 is 0 Å². The van der Waals surface area contributed by atoms with E-state index in [2.05, 4.69) is 15.9 Å². The van der Waals surface area contributed by atoms with E-state index in [-0.39, 0.29) is 5.91 Å². The van der Waals surface area contributed by atoms with E-state index in [1.807, 2.05) is 32.9 Å². The van der Waals surface area contributed by atoms with Crippen LogP contribution in [-0.4, -0.2) is 30.0 Å². The van der Waals surface area contributed by atoms with Gasteiger partial charge in [0.15, 0.2) is 6.10 Å². The molecule has 4 nitrogen and oxygen atoms in total. The summed E-state index contributed by atoms with van der Waals surface area (Å²) in [4.78, 5) is 14.0. The van der Waals surface area contributed by atoms with Gasteiger partial charge in [0.1, 0.15) is 5.75 Å². The molecule has 0 bridgehead atoms. The molecule has 5 heteroatoms. The summed E-state index contributed by atoms with van der Waals surface area (Å²) in [7, 11) is 0. The summed E-state index contributed by atoms with van der Waals surface area (Å²) < 4.78 is 6.84. The van der Waals surface area contributed by atoms with Gasteiger partial charge in [-0.2, -0.15) is 0 Å². The molecule has 0 saturated carbocycles. The standard InChI is InChI=1S/C15H23BrN2O2/c1-5-18(6-2)15(19)11(4)20-14-10(3)7-13(16)8-12(14)9-17/h7-8,11H,5-6,9,17H2,1-4H3. The lowest BCUT2D eigenvalue weighted by Gasteiger charge is -2.25. The average molecular weight is 343 g/mol. The number of hydrogen-bond acceptors (Lipinski definition) is 3. The molecule has 0 aromatic heterocycles. The van der Waals surface area contributed by atoms with Gasteiger partial charge in [-0.25, -0.2) is 0 Å². The van der Waals surface area contributed by atoms with Crippen molar-refractivity contribution in [2.45, 2.75) is 40.3 Å². The van der Waals surface area contributed by atoms with Crippen LogP contribution in [-0.2, 0) is 11.3 Å². The summed E-state index contributed by atoms with van der Waals surface area (Å²) in [5, 5.41) is 0. The third kappa shape index (κ3) is 3.96. The molecule has 0 aliphatic rings. The lowest BCUT2D eigenvalue weighted by atomic mass is 10.1. The predicted octanol–water partition coefficient (Wildman–Crippen LogP) is 2.85. The molecular weight excluding hydrogens is 320 g/mol. The van der Waals surface area contributed by atoms with Crippen LogP contribution in [0.25, 0.3) is 0 Å². The Morgan fingerprint density at radius 2 is 2.00 bits per heavy atom. The molecule has 0 heterocycles. The van der Waals surface area contributed by atoms with Crippen molar-refractivity contribution in [1.82, 2.24) is 4.90 Å². The van der Waals surface area contributed by atoms with Crippen molar-refractivity contribution in [1.29, 1.82) is 0 Å². The Hall–Kier alpha value is -1.07. The Balaban J connectivity index is 2.95. The summed E-state index contributed by atoms with van der Waals surface area (Å²) in [6.07, 6.45) is -0.514. The second-order valence-corrected chi connectivity index (χ2v) is 5.60. The monoisotopic (exact) mass is 342 g/mol. The third-order valence-electron chi connectivity index (χ3n) is 3.25. The van der Waals surface area contributed by atoms with E-state index in [1.165, 1.54) is 0 Å². The Morgan fingerprint density at radius 3 is 2.50 bits per heavy atom. The minimum Gasteiger partial charge on any atom is -0.480 e. The number of carbonyl (C=O) groups is 1. The van der Waals surface area contributed by atoms with Crippen LogP contribution in [0.5, 0.6) is 5.75 Å². The highest BCUT2D eigenvalue weighted by molar-refractivity contribution is 9.10. The Kier molecular flexibility index (Phi) is 6.49. The van der Waals surface area contributed by atoms with Gasteiger partial charge in [0.2, 0.25) is 0 Å². The van der Waals surface area contributed by atoms with Crippen molar-refractivity contribution in [2.75, 3.05) is 13.1 Å². The minimum absolute atomic E-state index is 0.000269. The van der Waals surface area contributed by atoms with Crippen LogP contribution >= 0.6 is 15.9 Å². The molecule has 1 rings (SSSR count). The number of benzene rings is 1. The average Bonchev–Trinajstić information content (AvgIpc) is 2.42. The first-order chi connectivity index (χ1) is 9.44. The number of nitrogens with two attached hydrogens (primary N) is 1. The first-order valence-corrected chi connectivity index (χ1v) is 7.68. The van der Waals surface area contributed by atoms with Crippen molar-refractivity contribution >= 4 is 21.8 Å². The smallest absolute Gasteiger partial charge is 0.263 e. The van der Waals surface area contributed by atoms with Crippen molar-refractivity contribution in [3.8, 4) is 5.75 Å². The van der Waals surface area contributed by atoms with Gasteiger partial charge in [-0.05, 0) is 45.4 Å². The Bertz CT molecular complexity index is 473. The molecule has 1 amide bonds. The molecule has 112 valence electrons. The highest BCUT2D eigenvalue weighted by atomic mass is 79.9. The highest BCUT2D eigenvalue weighted by Crippen LogP contribution is 2.28. The molecule has 20 heavy (non-hydrogen) atoms. The van der Waals surface area contributed by atoms with Gasteiger partial charge in [0.25, 0.3) is 5.91 Å². The molecule has 1 aromatic carbocycles. The first-order valence-electron chi connectivity index (χ1n) is 6.89. The maximum absolute atomic E-state index is 12.2. The normalized spacial score (nSPS) is 12.1. The number of ether oxygens (including phenoxy) is 1. The largest absolute Gasteiger partial charge is 0.480 e. The lowest BCUT2D eigenvalue weighted by molar-refractivity contribution is -0.137. The summed E-state index contributed by atoms with van der Waals surface area (Å²) in [5.74, 6) is 0.712. The van der Waals surface area contributed by atoms with Gasteiger partial charge in [-0.1, -0.05) is 15.9 Å². The number of likely N-dealkylation sites (N-methyl/N-ethyl adjacent to an activating group) is 1. The predicted molar refractivity (Wildman–Crippen MR) is 84.8 cm³/mol. The molecule has 2 N–H and O–H groups in total. The minimum atomic E-state index is -0.514. The van der Waals surface area contributed by atoms with Gasteiger partial charge in [0, 0.05) is 29.7 Å². The summed E-state index contributed by atoms with van der Waals surface area (Å²) in [5.41, 5.74) is 7.63. The molecule has 0 aliphatic carbocycles. The quantitative estimate of drug-likeness (QED) is 0.864. The zero-order chi connectivity index (χ0) is 15.3. The van der Waals surface area contributed by atoms with Crippen LogP contribution in [0.1, 0.15) is 31.9 Å². The molecule has 0 fully saturated rings. The van der Waals surface area contributed by atoms with E-state index in [9.17, 15) is 4.79 Å². The number of halogens is 1. The van der Waals surface area contributed by atoms with Crippen LogP contribution in [0.15, 0.2) is 16.6 Å². The van der Waals surface area contributed by atoms with E-state index in [4.69, 9.17) is 10.5 Å².